The Morgan fingerprint density at radius 2 is 2.19 bits per heavy atom. The van der Waals surface area contributed by atoms with Crippen molar-refractivity contribution in [3.8, 4) is 0 Å². The SMILES string of the molecule is Cc1ccc2c(c1)CN(C(=O)Cc1cncs1)C(C)(C)C2. The lowest BCUT2D eigenvalue weighted by molar-refractivity contribution is -0.137. The van der Waals surface area contributed by atoms with E-state index in [1.54, 1.807) is 23.0 Å². The largest absolute Gasteiger partial charge is 0.333 e. The number of thiazole rings is 1. The number of aromatic nitrogens is 1. The number of hydrogen-bond acceptors (Lipinski definition) is 3. The fourth-order valence-electron chi connectivity index (χ4n) is 3.02. The van der Waals surface area contributed by atoms with E-state index in [-0.39, 0.29) is 11.4 Å². The van der Waals surface area contributed by atoms with Crippen LogP contribution in [0.1, 0.15) is 35.4 Å². The maximum absolute atomic E-state index is 12.7. The van der Waals surface area contributed by atoms with E-state index in [0.29, 0.717) is 13.0 Å². The molecule has 0 atom stereocenters. The number of nitrogens with zero attached hydrogens (tertiary/aromatic N) is 2. The first kappa shape index (κ1) is 14.3. The smallest absolute Gasteiger partial charge is 0.228 e. The van der Waals surface area contributed by atoms with Gasteiger partial charge in [-0.3, -0.25) is 9.78 Å². The Balaban J connectivity index is 1.86. The molecule has 21 heavy (non-hydrogen) atoms. The highest BCUT2D eigenvalue weighted by atomic mass is 32.1. The Morgan fingerprint density at radius 1 is 1.38 bits per heavy atom. The molecule has 4 heteroatoms. The van der Waals surface area contributed by atoms with Crippen LogP contribution in [-0.2, 0) is 24.2 Å². The van der Waals surface area contributed by atoms with Crippen molar-refractivity contribution in [2.45, 2.75) is 45.7 Å². The van der Waals surface area contributed by atoms with Crippen molar-refractivity contribution < 1.29 is 4.79 Å². The third-order valence-electron chi connectivity index (χ3n) is 4.15. The first-order valence-corrected chi connectivity index (χ1v) is 8.10. The molecule has 2 aromatic rings. The summed E-state index contributed by atoms with van der Waals surface area (Å²) in [5.41, 5.74) is 5.55. The first-order chi connectivity index (χ1) is 9.95. The van der Waals surface area contributed by atoms with Crippen LogP contribution >= 0.6 is 11.3 Å². The van der Waals surface area contributed by atoms with Crippen molar-refractivity contribution in [1.29, 1.82) is 0 Å². The predicted octanol–water partition coefficient (Wildman–Crippen LogP) is 3.36. The molecule has 0 saturated heterocycles. The van der Waals surface area contributed by atoms with Gasteiger partial charge in [0.25, 0.3) is 0 Å². The van der Waals surface area contributed by atoms with Crippen molar-refractivity contribution in [2.75, 3.05) is 0 Å². The summed E-state index contributed by atoms with van der Waals surface area (Å²) in [5, 5.41) is 0. The molecule has 1 aromatic heterocycles. The molecule has 0 bridgehead atoms. The minimum atomic E-state index is -0.135. The van der Waals surface area contributed by atoms with Crippen molar-refractivity contribution in [3.63, 3.8) is 0 Å². The highest BCUT2D eigenvalue weighted by Crippen LogP contribution is 2.31. The second-order valence-corrected chi connectivity index (χ2v) is 7.36. The Bertz CT molecular complexity index is 661. The van der Waals surface area contributed by atoms with Crippen LogP contribution in [0.3, 0.4) is 0 Å². The lowest BCUT2D eigenvalue weighted by atomic mass is 9.84. The van der Waals surface area contributed by atoms with Crippen LogP contribution in [-0.4, -0.2) is 21.3 Å². The Labute approximate surface area is 129 Å². The van der Waals surface area contributed by atoms with E-state index in [1.807, 2.05) is 4.90 Å². The molecule has 0 saturated carbocycles. The van der Waals surface area contributed by atoms with E-state index in [2.05, 4.69) is 44.0 Å². The number of amides is 1. The van der Waals surface area contributed by atoms with Gasteiger partial charge in [0.1, 0.15) is 0 Å². The van der Waals surface area contributed by atoms with E-state index in [4.69, 9.17) is 0 Å². The highest BCUT2D eigenvalue weighted by molar-refractivity contribution is 7.09. The second kappa shape index (κ2) is 5.26. The van der Waals surface area contributed by atoms with Crippen LogP contribution in [0.15, 0.2) is 29.9 Å². The third-order valence-corrected chi connectivity index (χ3v) is 4.93. The molecule has 1 aliphatic rings. The number of rotatable bonds is 2. The standard InChI is InChI=1S/C17H20N2OS/c1-12-4-5-13-8-17(2,3)19(10-14(13)6-12)16(20)7-15-9-18-11-21-15/h4-6,9,11H,7-8,10H2,1-3H3. The van der Waals surface area contributed by atoms with Gasteiger partial charge in [-0.05, 0) is 38.3 Å². The summed E-state index contributed by atoms with van der Waals surface area (Å²) in [6.07, 6.45) is 3.16. The van der Waals surface area contributed by atoms with Gasteiger partial charge in [0.2, 0.25) is 5.91 Å². The molecule has 3 rings (SSSR count). The minimum Gasteiger partial charge on any atom is -0.333 e. The number of carbonyl (C=O) groups excluding carboxylic acids is 1. The van der Waals surface area contributed by atoms with Gasteiger partial charge in [-0.2, -0.15) is 0 Å². The molecule has 1 amide bonds. The first-order valence-electron chi connectivity index (χ1n) is 7.22. The number of benzene rings is 1. The van der Waals surface area contributed by atoms with Gasteiger partial charge in [0.05, 0.1) is 11.9 Å². The van der Waals surface area contributed by atoms with Crippen LogP contribution in [0.4, 0.5) is 0 Å². The fourth-order valence-corrected chi connectivity index (χ4v) is 3.61. The summed E-state index contributed by atoms with van der Waals surface area (Å²) in [4.78, 5) is 19.8. The number of fused-ring (bicyclic) bond motifs is 1. The molecule has 0 unspecified atom stereocenters. The monoisotopic (exact) mass is 300 g/mol. The van der Waals surface area contributed by atoms with Gasteiger partial charge in [-0.15, -0.1) is 11.3 Å². The number of carbonyl (C=O) groups is 1. The number of aryl methyl sites for hydroxylation is 1. The Kier molecular flexibility index (Phi) is 3.57. The van der Waals surface area contributed by atoms with E-state index >= 15 is 0 Å². The van der Waals surface area contributed by atoms with Gasteiger partial charge >= 0.3 is 0 Å². The molecule has 0 radical (unpaired) electrons. The lowest BCUT2D eigenvalue weighted by Gasteiger charge is -2.43. The van der Waals surface area contributed by atoms with E-state index < -0.39 is 0 Å². The zero-order valence-electron chi connectivity index (χ0n) is 12.7. The summed E-state index contributed by atoms with van der Waals surface area (Å²) >= 11 is 1.54. The summed E-state index contributed by atoms with van der Waals surface area (Å²) < 4.78 is 0. The Morgan fingerprint density at radius 3 is 2.90 bits per heavy atom. The van der Waals surface area contributed by atoms with E-state index in [0.717, 1.165) is 11.3 Å². The lowest BCUT2D eigenvalue weighted by Crippen LogP contribution is -2.51. The maximum atomic E-state index is 12.7. The van der Waals surface area contributed by atoms with E-state index in [1.165, 1.54) is 16.7 Å². The summed E-state index contributed by atoms with van der Waals surface area (Å²) in [5.74, 6) is 0.191. The van der Waals surface area contributed by atoms with Crippen LogP contribution in [0.2, 0.25) is 0 Å². The average Bonchev–Trinajstić information content (AvgIpc) is 2.90. The molecule has 0 spiro atoms. The average molecular weight is 300 g/mol. The molecule has 3 nitrogen and oxygen atoms in total. The predicted molar refractivity (Wildman–Crippen MR) is 85.3 cm³/mol. The van der Waals surface area contributed by atoms with Gasteiger partial charge in [-0.1, -0.05) is 23.8 Å². The van der Waals surface area contributed by atoms with Crippen molar-refractivity contribution in [2.24, 2.45) is 0 Å². The molecule has 0 N–H and O–H groups in total. The molecule has 1 aliphatic heterocycles. The van der Waals surface area contributed by atoms with E-state index in [9.17, 15) is 4.79 Å². The summed E-state index contributed by atoms with van der Waals surface area (Å²) in [6, 6.07) is 6.57. The molecule has 1 aromatic carbocycles. The molecular weight excluding hydrogens is 280 g/mol. The molecule has 2 heterocycles. The minimum absolute atomic E-state index is 0.135. The van der Waals surface area contributed by atoms with Crippen molar-refractivity contribution >= 4 is 17.2 Å². The van der Waals surface area contributed by atoms with Gasteiger partial charge in [-0.25, -0.2) is 0 Å². The summed E-state index contributed by atoms with van der Waals surface area (Å²) in [7, 11) is 0. The molecule has 110 valence electrons. The quantitative estimate of drug-likeness (QED) is 0.852. The zero-order valence-corrected chi connectivity index (χ0v) is 13.5. The summed E-state index contributed by atoms with van der Waals surface area (Å²) in [6.45, 7) is 7.12. The topological polar surface area (TPSA) is 33.2 Å². The van der Waals surface area contributed by atoms with Gasteiger partial charge in [0, 0.05) is 23.2 Å². The van der Waals surface area contributed by atoms with Crippen LogP contribution in [0, 0.1) is 6.92 Å². The Hall–Kier alpha value is -1.68. The molecule has 0 fully saturated rings. The molecule has 0 aliphatic carbocycles. The van der Waals surface area contributed by atoms with Crippen molar-refractivity contribution in [1.82, 2.24) is 9.88 Å². The van der Waals surface area contributed by atoms with Crippen LogP contribution < -0.4 is 0 Å². The zero-order chi connectivity index (χ0) is 15.0. The van der Waals surface area contributed by atoms with Crippen LogP contribution in [0.5, 0.6) is 0 Å². The van der Waals surface area contributed by atoms with Crippen LogP contribution in [0.25, 0.3) is 0 Å². The van der Waals surface area contributed by atoms with Gasteiger partial charge in [0.15, 0.2) is 0 Å². The third kappa shape index (κ3) is 2.86. The normalized spacial score (nSPS) is 16.6. The number of hydrogen-bond donors (Lipinski definition) is 0. The van der Waals surface area contributed by atoms with Crippen molar-refractivity contribution in [3.05, 3.63) is 51.5 Å². The highest BCUT2D eigenvalue weighted by Gasteiger charge is 2.35. The fraction of sp³-hybridized carbons (Fsp3) is 0.412. The van der Waals surface area contributed by atoms with Gasteiger partial charge < -0.3 is 4.90 Å². The molecular formula is C17H20N2OS. The second-order valence-electron chi connectivity index (χ2n) is 6.39. The maximum Gasteiger partial charge on any atom is 0.228 e.